The molecule has 0 saturated heterocycles. The molecule has 0 radical (unpaired) electrons. The lowest BCUT2D eigenvalue weighted by Gasteiger charge is -2.18. The van der Waals surface area contributed by atoms with Gasteiger partial charge in [-0.25, -0.2) is 4.98 Å². The zero-order valence-corrected chi connectivity index (χ0v) is 19.3. The Morgan fingerprint density at radius 2 is 2.00 bits per heavy atom. The van der Waals surface area contributed by atoms with E-state index >= 15 is 0 Å². The SMILES string of the molecule is CCC(CNCc1cccc(Cl)c1Cl)NC(=O)Cc1cncn1Cc1ccc(C#N)cc1. The van der Waals surface area contributed by atoms with Crippen molar-refractivity contribution in [2.24, 2.45) is 0 Å². The Bertz CT molecular complexity index is 1090. The maximum atomic E-state index is 12.6. The highest BCUT2D eigenvalue weighted by Gasteiger charge is 2.14. The van der Waals surface area contributed by atoms with Crippen molar-refractivity contribution < 1.29 is 4.79 Å². The van der Waals surface area contributed by atoms with Gasteiger partial charge in [0.1, 0.15) is 0 Å². The van der Waals surface area contributed by atoms with Crippen LogP contribution in [0.25, 0.3) is 0 Å². The summed E-state index contributed by atoms with van der Waals surface area (Å²) < 4.78 is 1.95. The first-order valence-corrected chi connectivity index (χ1v) is 11.2. The van der Waals surface area contributed by atoms with E-state index in [-0.39, 0.29) is 18.4 Å². The first-order valence-electron chi connectivity index (χ1n) is 10.4. The zero-order valence-electron chi connectivity index (χ0n) is 17.8. The molecule has 1 atom stereocenters. The molecule has 2 N–H and O–H groups in total. The van der Waals surface area contributed by atoms with Gasteiger partial charge in [0.15, 0.2) is 0 Å². The molecule has 0 spiro atoms. The number of carbonyl (C=O) groups is 1. The molecule has 32 heavy (non-hydrogen) atoms. The smallest absolute Gasteiger partial charge is 0.226 e. The fourth-order valence-corrected chi connectivity index (χ4v) is 3.71. The van der Waals surface area contributed by atoms with Gasteiger partial charge in [-0.05, 0) is 35.7 Å². The van der Waals surface area contributed by atoms with Gasteiger partial charge in [-0.1, -0.05) is 54.4 Å². The van der Waals surface area contributed by atoms with Crippen molar-refractivity contribution in [1.82, 2.24) is 20.2 Å². The summed E-state index contributed by atoms with van der Waals surface area (Å²) in [6.45, 7) is 3.82. The Labute approximate surface area is 198 Å². The van der Waals surface area contributed by atoms with E-state index < -0.39 is 0 Å². The number of nitriles is 1. The van der Waals surface area contributed by atoms with Crippen molar-refractivity contribution in [3.8, 4) is 6.07 Å². The Hall–Kier alpha value is -2.85. The topological polar surface area (TPSA) is 82.7 Å². The Morgan fingerprint density at radius 3 is 2.72 bits per heavy atom. The molecule has 6 nitrogen and oxygen atoms in total. The van der Waals surface area contributed by atoms with Crippen LogP contribution in [0.4, 0.5) is 0 Å². The summed E-state index contributed by atoms with van der Waals surface area (Å²) in [5.41, 5.74) is 3.42. The standard InChI is InChI=1S/C24H25Cl2N5O/c1-2-20(13-28-12-19-4-3-5-22(25)24(19)26)30-23(32)10-21-14-29-16-31(21)15-18-8-6-17(11-27)7-9-18/h3-9,14,16,20,28H,2,10,12-13,15H2,1H3,(H,30,32). The normalized spacial score (nSPS) is 11.7. The predicted molar refractivity (Wildman–Crippen MR) is 127 cm³/mol. The number of carbonyl (C=O) groups excluding carboxylic acids is 1. The van der Waals surface area contributed by atoms with Crippen LogP contribution >= 0.6 is 23.2 Å². The van der Waals surface area contributed by atoms with E-state index in [2.05, 4.69) is 21.7 Å². The quantitative estimate of drug-likeness (QED) is 0.462. The van der Waals surface area contributed by atoms with Crippen LogP contribution in [0.3, 0.4) is 0 Å². The molecule has 0 aliphatic rings. The lowest BCUT2D eigenvalue weighted by Crippen LogP contribution is -2.42. The van der Waals surface area contributed by atoms with E-state index in [0.29, 0.717) is 35.2 Å². The van der Waals surface area contributed by atoms with Crippen molar-refractivity contribution in [2.75, 3.05) is 6.54 Å². The van der Waals surface area contributed by atoms with Crippen LogP contribution in [0.2, 0.25) is 10.0 Å². The number of benzene rings is 2. The largest absolute Gasteiger partial charge is 0.352 e. The van der Waals surface area contributed by atoms with E-state index in [1.54, 1.807) is 30.7 Å². The summed E-state index contributed by atoms with van der Waals surface area (Å²) in [7, 11) is 0. The third-order valence-electron chi connectivity index (χ3n) is 5.17. The minimum Gasteiger partial charge on any atom is -0.352 e. The number of amides is 1. The fraction of sp³-hybridized carbons (Fsp3) is 0.292. The second kappa shape index (κ2) is 11.7. The first kappa shape index (κ1) is 23.8. The number of hydrogen-bond donors (Lipinski definition) is 2. The van der Waals surface area contributed by atoms with Gasteiger partial charge < -0.3 is 15.2 Å². The second-order valence-electron chi connectivity index (χ2n) is 7.51. The number of nitrogens with zero attached hydrogens (tertiary/aromatic N) is 3. The van der Waals surface area contributed by atoms with E-state index in [1.165, 1.54) is 0 Å². The molecule has 1 amide bonds. The summed E-state index contributed by atoms with van der Waals surface area (Å²) in [6.07, 6.45) is 4.47. The Balaban J connectivity index is 1.51. The Morgan fingerprint density at radius 1 is 1.22 bits per heavy atom. The number of hydrogen-bond acceptors (Lipinski definition) is 4. The fourth-order valence-electron chi connectivity index (χ4n) is 3.33. The lowest BCUT2D eigenvalue weighted by atomic mass is 10.1. The summed E-state index contributed by atoms with van der Waals surface area (Å²) in [5, 5.41) is 16.4. The van der Waals surface area contributed by atoms with Gasteiger partial charge in [0.05, 0.1) is 34.4 Å². The van der Waals surface area contributed by atoms with Crippen molar-refractivity contribution in [2.45, 2.75) is 38.9 Å². The van der Waals surface area contributed by atoms with Crippen LogP contribution in [0.15, 0.2) is 55.0 Å². The molecule has 1 aromatic heterocycles. The number of rotatable bonds is 10. The van der Waals surface area contributed by atoms with Crippen LogP contribution in [0.1, 0.15) is 35.7 Å². The van der Waals surface area contributed by atoms with Gasteiger partial charge in [0, 0.05) is 37.6 Å². The minimum atomic E-state index is -0.0546. The van der Waals surface area contributed by atoms with E-state index in [0.717, 1.165) is 23.2 Å². The van der Waals surface area contributed by atoms with Crippen molar-refractivity contribution in [3.05, 3.63) is 87.4 Å². The molecule has 0 aliphatic heterocycles. The van der Waals surface area contributed by atoms with Gasteiger partial charge in [0.2, 0.25) is 5.91 Å². The number of nitrogens with one attached hydrogen (secondary N) is 2. The molecule has 166 valence electrons. The molecule has 0 aliphatic carbocycles. The highest BCUT2D eigenvalue weighted by Crippen LogP contribution is 2.25. The number of aromatic nitrogens is 2. The average molecular weight is 470 g/mol. The van der Waals surface area contributed by atoms with Gasteiger partial charge in [-0.2, -0.15) is 5.26 Å². The predicted octanol–water partition coefficient (Wildman–Crippen LogP) is 4.34. The number of imidazole rings is 1. The van der Waals surface area contributed by atoms with E-state index in [4.69, 9.17) is 28.5 Å². The first-order chi connectivity index (χ1) is 15.5. The van der Waals surface area contributed by atoms with Crippen molar-refractivity contribution >= 4 is 29.1 Å². The van der Waals surface area contributed by atoms with Gasteiger partial charge >= 0.3 is 0 Å². The summed E-state index contributed by atoms with van der Waals surface area (Å²) in [6, 6.07) is 15.1. The van der Waals surface area contributed by atoms with Crippen LogP contribution in [-0.4, -0.2) is 28.0 Å². The summed E-state index contributed by atoms with van der Waals surface area (Å²) >= 11 is 12.3. The molecular weight excluding hydrogens is 445 g/mol. The molecule has 1 heterocycles. The van der Waals surface area contributed by atoms with Gasteiger partial charge in [-0.3, -0.25) is 4.79 Å². The highest BCUT2D eigenvalue weighted by molar-refractivity contribution is 6.42. The lowest BCUT2D eigenvalue weighted by molar-refractivity contribution is -0.121. The van der Waals surface area contributed by atoms with Crippen molar-refractivity contribution in [3.63, 3.8) is 0 Å². The molecule has 2 aromatic carbocycles. The van der Waals surface area contributed by atoms with Crippen LogP contribution in [0.5, 0.6) is 0 Å². The van der Waals surface area contributed by atoms with E-state index in [9.17, 15) is 4.79 Å². The highest BCUT2D eigenvalue weighted by atomic mass is 35.5. The molecule has 3 rings (SSSR count). The van der Waals surface area contributed by atoms with Crippen LogP contribution < -0.4 is 10.6 Å². The average Bonchev–Trinajstić information content (AvgIpc) is 3.22. The maximum Gasteiger partial charge on any atom is 0.226 e. The number of halogens is 2. The second-order valence-corrected chi connectivity index (χ2v) is 8.30. The summed E-state index contributed by atoms with van der Waals surface area (Å²) in [5.74, 6) is -0.0546. The monoisotopic (exact) mass is 469 g/mol. The molecular formula is C24H25Cl2N5O. The van der Waals surface area contributed by atoms with E-state index in [1.807, 2.05) is 35.8 Å². The zero-order chi connectivity index (χ0) is 22.9. The minimum absolute atomic E-state index is 0.00430. The molecule has 1 unspecified atom stereocenters. The Kier molecular flexibility index (Phi) is 8.69. The van der Waals surface area contributed by atoms with Crippen molar-refractivity contribution in [1.29, 1.82) is 5.26 Å². The van der Waals surface area contributed by atoms with Gasteiger partial charge in [0.25, 0.3) is 0 Å². The third-order valence-corrected chi connectivity index (χ3v) is 6.03. The third kappa shape index (κ3) is 6.57. The molecule has 0 bridgehead atoms. The molecule has 8 heteroatoms. The maximum absolute atomic E-state index is 12.6. The van der Waals surface area contributed by atoms with Crippen LogP contribution in [0, 0.1) is 11.3 Å². The van der Waals surface area contributed by atoms with Gasteiger partial charge in [-0.15, -0.1) is 0 Å². The molecule has 0 fully saturated rings. The molecule has 3 aromatic rings. The van der Waals surface area contributed by atoms with Crippen LogP contribution in [-0.2, 0) is 24.3 Å². The molecule has 0 saturated carbocycles. The summed E-state index contributed by atoms with van der Waals surface area (Å²) in [4.78, 5) is 16.8.